The normalized spacial score (nSPS) is 20.6. The molecular formula is C19H20ClNO2. The van der Waals surface area contributed by atoms with Gasteiger partial charge in [0.05, 0.1) is 5.56 Å². The lowest BCUT2D eigenvalue weighted by Gasteiger charge is -2.22. The third kappa shape index (κ3) is 3.74. The van der Waals surface area contributed by atoms with Crippen molar-refractivity contribution < 1.29 is 9.90 Å². The van der Waals surface area contributed by atoms with Crippen molar-refractivity contribution in [2.24, 2.45) is 0 Å². The van der Waals surface area contributed by atoms with Crippen LogP contribution in [0.2, 0.25) is 5.02 Å². The highest BCUT2D eigenvalue weighted by molar-refractivity contribution is 6.31. The van der Waals surface area contributed by atoms with Gasteiger partial charge in [0.15, 0.2) is 0 Å². The zero-order valence-electron chi connectivity index (χ0n) is 12.8. The molecule has 120 valence electrons. The summed E-state index contributed by atoms with van der Waals surface area (Å²) in [5.41, 5.74) is 2.65. The minimum Gasteiger partial charge on any atom is -0.478 e. The quantitative estimate of drug-likeness (QED) is 0.851. The molecular weight excluding hydrogens is 310 g/mol. The fraction of sp³-hybridized carbons (Fsp3) is 0.316. The molecule has 0 amide bonds. The van der Waals surface area contributed by atoms with Crippen LogP contribution in [0.4, 0.5) is 0 Å². The molecule has 2 N–H and O–H groups in total. The summed E-state index contributed by atoms with van der Waals surface area (Å²) in [6, 6.07) is 15.5. The molecule has 2 aromatic rings. The average Bonchev–Trinajstić information content (AvgIpc) is 3.02. The molecule has 23 heavy (non-hydrogen) atoms. The topological polar surface area (TPSA) is 49.3 Å². The largest absolute Gasteiger partial charge is 0.478 e. The van der Waals surface area contributed by atoms with Crippen molar-refractivity contribution in [1.29, 1.82) is 0 Å². The van der Waals surface area contributed by atoms with Crippen LogP contribution in [0.1, 0.15) is 46.7 Å². The summed E-state index contributed by atoms with van der Waals surface area (Å²) in [5, 5.41) is 13.4. The van der Waals surface area contributed by atoms with Gasteiger partial charge in [-0.3, -0.25) is 0 Å². The maximum Gasteiger partial charge on any atom is 0.335 e. The second-order valence-corrected chi connectivity index (χ2v) is 6.46. The summed E-state index contributed by atoms with van der Waals surface area (Å²) in [6.45, 7) is 0.742. The van der Waals surface area contributed by atoms with Crippen molar-refractivity contribution in [1.82, 2.24) is 5.32 Å². The number of nitrogens with one attached hydrogen (secondary N) is 1. The Morgan fingerprint density at radius 3 is 2.57 bits per heavy atom. The third-order valence-corrected chi connectivity index (χ3v) is 4.93. The SMILES string of the molecule is O=C(O)c1ccc(CNC2CCCC2c2ccccc2Cl)cc1. The molecule has 2 aromatic carbocycles. The van der Waals surface area contributed by atoms with Crippen LogP contribution in [0.5, 0.6) is 0 Å². The van der Waals surface area contributed by atoms with E-state index in [2.05, 4.69) is 11.4 Å². The number of hydrogen-bond acceptors (Lipinski definition) is 2. The molecule has 0 aliphatic heterocycles. The molecule has 0 radical (unpaired) electrons. The molecule has 0 spiro atoms. The minimum atomic E-state index is -0.890. The monoisotopic (exact) mass is 329 g/mol. The van der Waals surface area contributed by atoms with Crippen molar-refractivity contribution in [3.05, 3.63) is 70.2 Å². The number of carbonyl (C=O) groups is 1. The molecule has 2 atom stereocenters. The highest BCUT2D eigenvalue weighted by Crippen LogP contribution is 2.37. The first-order valence-corrected chi connectivity index (χ1v) is 8.33. The molecule has 4 heteroatoms. The van der Waals surface area contributed by atoms with Crippen LogP contribution in [-0.4, -0.2) is 17.1 Å². The molecule has 0 bridgehead atoms. The van der Waals surface area contributed by atoms with Crippen molar-refractivity contribution in [2.75, 3.05) is 0 Å². The molecule has 0 saturated heterocycles. The molecule has 3 nitrogen and oxygen atoms in total. The van der Waals surface area contributed by atoms with Gasteiger partial charge in [-0.15, -0.1) is 0 Å². The summed E-state index contributed by atoms with van der Waals surface area (Å²) >= 11 is 6.35. The highest BCUT2D eigenvalue weighted by atomic mass is 35.5. The van der Waals surface area contributed by atoms with Crippen LogP contribution in [0.15, 0.2) is 48.5 Å². The van der Waals surface area contributed by atoms with Gasteiger partial charge in [-0.05, 0) is 42.2 Å². The van der Waals surface area contributed by atoms with Gasteiger partial charge < -0.3 is 10.4 Å². The minimum absolute atomic E-state index is 0.323. The molecule has 1 aliphatic carbocycles. The maximum absolute atomic E-state index is 10.9. The number of rotatable bonds is 5. The molecule has 3 rings (SSSR count). The van der Waals surface area contributed by atoms with Gasteiger partial charge in [0.25, 0.3) is 0 Å². The zero-order chi connectivity index (χ0) is 16.2. The van der Waals surface area contributed by atoms with Gasteiger partial charge >= 0.3 is 5.97 Å². The average molecular weight is 330 g/mol. The molecule has 1 aliphatic rings. The zero-order valence-corrected chi connectivity index (χ0v) is 13.6. The Hall–Kier alpha value is -1.84. The Balaban J connectivity index is 1.65. The standard InChI is InChI=1S/C19H20ClNO2/c20-17-6-2-1-4-15(17)16-5-3-7-18(16)21-12-13-8-10-14(11-9-13)19(22)23/h1-2,4,6,8-11,16,18,21H,3,5,7,12H2,(H,22,23). The summed E-state index contributed by atoms with van der Waals surface area (Å²) in [4.78, 5) is 10.9. The smallest absolute Gasteiger partial charge is 0.335 e. The van der Waals surface area contributed by atoms with Gasteiger partial charge in [0, 0.05) is 23.5 Å². The first kappa shape index (κ1) is 16.0. The van der Waals surface area contributed by atoms with E-state index < -0.39 is 5.97 Å². The molecule has 1 fully saturated rings. The van der Waals surface area contributed by atoms with Crippen LogP contribution in [-0.2, 0) is 6.54 Å². The van der Waals surface area contributed by atoms with Crippen LogP contribution in [0, 0.1) is 0 Å². The van der Waals surface area contributed by atoms with Crippen LogP contribution in [0.3, 0.4) is 0 Å². The summed E-state index contributed by atoms with van der Waals surface area (Å²) in [5.74, 6) is -0.443. The van der Waals surface area contributed by atoms with E-state index in [1.54, 1.807) is 12.1 Å². The van der Waals surface area contributed by atoms with Gasteiger partial charge in [-0.25, -0.2) is 4.79 Å². The van der Waals surface area contributed by atoms with Crippen LogP contribution in [0.25, 0.3) is 0 Å². The van der Waals surface area contributed by atoms with E-state index in [4.69, 9.17) is 16.7 Å². The van der Waals surface area contributed by atoms with Gasteiger partial charge in [0.2, 0.25) is 0 Å². The Morgan fingerprint density at radius 1 is 1.13 bits per heavy atom. The highest BCUT2D eigenvalue weighted by Gasteiger charge is 2.29. The lowest BCUT2D eigenvalue weighted by Crippen LogP contribution is -2.30. The van der Waals surface area contributed by atoms with E-state index in [1.807, 2.05) is 30.3 Å². The fourth-order valence-electron chi connectivity index (χ4n) is 3.37. The van der Waals surface area contributed by atoms with Crippen LogP contribution < -0.4 is 5.32 Å². The van der Waals surface area contributed by atoms with E-state index in [9.17, 15) is 4.79 Å². The molecule has 0 heterocycles. The Morgan fingerprint density at radius 2 is 1.87 bits per heavy atom. The van der Waals surface area contributed by atoms with Gasteiger partial charge in [-0.1, -0.05) is 48.4 Å². The number of aromatic carboxylic acids is 1. The summed E-state index contributed by atoms with van der Waals surface area (Å²) < 4.78 is 0. The Bertz CT molecular complexity index is 684. The number of benzene rings is 2. The summed E-state index contributed by atoms with van der Waals surface area (Å²) in [7, 11) is 0. The lowest BCUT2D eigenvalue weighted by molar-refractivity contribution is 0.0697. The second-order valence-electron chi connectivity index (χ2n) is 6.05. The van der Waals surface area contributed by atoms with E-state index in [1.165, 1.54) is 12.0 Å². The van der Waals surface area contributed by atoms with Gasteiger partial charge in [0.1, 0.15) is 0 Å². The van der Waals surface area contributed by atoms with E-state index in [-0.39, 0.29) is 0 Å². The summed E-state index contributed by atoms with van der Waals surface area (Å²) in [6.07, 6.45) is 3.49. The number of carboxylic acid groups (broad SMARTS) is 1. The number of hydrogen-bond donors (Lipinski definition) is 2. The first-order valence-electron chi connectivity index (χ1n) is 7.95. The second kappa shape index (κ2) is 7.16. The molecule has 0 aromatic heterocycles. The van der Waals surface area contributed by atoms with Gasteiger partial charge in [-0.2, -0.15) is 0 Å². The van der Waals surface area contributed by atoms with E-state index in [0.717, 1.165) is 30.0 Å². The lowest BCUT2D eigenvalue weighted by atomic mass is 9.94. The maximum atomic E-state index is 10.9. The molecule has 2 unspecified atom stereocenters. The van der Waals surface area contributed by atoms with Crippen LogP contribution >= 0.6 is 11.6 Å². The van der Waals surface area contributed by atoms with Crippen molar-refractivity contribution in [3.8, 4) is 0 Å². The Labute approximate surface area is 141 Å². The Kier molecular flexibility index (Phi) is 4.99. The van der Waals surface area contributed by atoms with Crippen molar-refractivity contribution in [3.63, 3.8) is 0 Å². The number of halogens is 1. The predicted molar refractivity (Wildman–Crippen MR) is 92.1 cm³/mol. The number of carboxylic acids is 1. The molecule has 1 saturated carbocycles. The van der Waals surface area contributed by atoms with Crippen molar-refractivity contribution >= 4 is 17.6 Å². The van der Waals surface area contributed by atoms with E-state index >= 15 is 0 Å². The van der Waals surface area contributed by atoms with Crippen molar-refractivity contribution in [2.45, 2.75) is 37.8 Å². The first-order chi connectivity index (χ1) is 11.1. The fourth-order valence-corrected chi connectivity index (χ4v) is 3.64. The predicted octanol–water partition coefficient (Wildman–Crippen LogP) is 4.46. The van der Waals surface area contributed by atoms with E-state index in [0.29, 0.717) is 17.5 Å². The third-order valence-electron chi connectivity index (χ3n) is 4.59.